The lowest BCUT2D eigenvalue weighted by atomic mass is 10.1. The maximum absolute atomic E-state index is 13.3. The van der Waals surface area contributed by atoms with E-state index >= 15 is 0 Å². The minimum Gasteiger partial charge on any atom is -0.465 e. The smallest absolute Gasteiger partial charge is 0.342 e. The molecule has 1 heterocycles. The monoisotopic (exact) mass is 231 g/mol. The predicted octanol–water partition coefficient (Wildman–Crippen LogP) is 2.13. The molecule has 1 aliphatic rings. The summed E-state index contributed by atoms with van der Waals surface area (Å²) in [6, 6.07) is 1.22. The summed E-state index contributed by atoms with van der Waals surface area (Å²) in [5, 5.41) is 0. The van der Waals surface area contributed by atoms with Crippen LogP contribution in [0.2, 0.25) is 0 Å². The maximum atomic E-state index is 13.3. The fraction of sp³-hybridized carbons (Fsp3) is 0.400. The number of aromatic nitrogens is 1. The van der Waals surface area contributed by atoms with Crippen LogP contribution in [0.15, 0.2) is 12.3 Å². The first kappa shape index (κ1) is 10.9. The number of methoxy groups -OCH3 is 1. The summed E-state index contributed by atoms with van der Waals surface area (Å²) in [6.07, 6.45) is 0.686. The van der Waals surface area contributed by atoms with Gasteiger partial charge in [0.05, 0.1) is 13.0 Å². The van der Waals surface area contributed by atoms with Gasteiger partial charge in [-0.15, -0.1) is 0 Å². The lowest BCUT2D eigenvalue weighted by Gasteiger charge is -2.07. The van der Waals surface area contributed by atoms with Crippen molar-refractivity contribution in [2.75, 3.05) is 7.11 Å². The van der Waals surface area contributed by atoms with Gasteiger partial charge >= 0.3 is 5.97 Å². The molecule has 1 aromatic rings. The second kappa shape index (κ2) is 3.47. The number of rotatable bonds is 2. The Morgan fingerprint density at radius 2 is 2.25 bits per heavy atom. The van der Waals surface area contributed by atoms with Gasteiger partial charge < -0.3 is 4.74 Å². The van der Waals surface area contributed by atoms with Crippen molar-refractivity contribution in [1.82, 2.24) is 4.98 Å². The molecule has 0 bridgehead atoms. The maximum Gasteiger partial charge on any atom is 0.342 e. The number of carbonyl (C=O) groups is 1. The number of esters is 1. The molecule has 16 heavy (non-hydrogen) atoms. The minimum absolute atomic E-state index is 0.0376. The molecule has 1 aromatic heterocycles. The van der Waals surface area contributed by atoms with Gasteiger partial charge in [0, 0.05) is 12.6 Å². The van der Waals surface area contributed by atoms with E-state index in [1.807, 2.05) is 0 Å². The zero-order chi connectivity index (χ0) is 11.9. The Bertz CT molecular complexity index is 448. The number of alkyl halides is 2. The number of halogens is 3. The van der Waals surface area contributed by atoms with Crippen molar-refractivity contribution >= 4 is 5.97 Å². The average Bonchev–Trinajstić information content (AvgIpc) is 2.86. The van der Waals surface area contributed by atoms with E-state index in [-0.39, 0.29) is 12.0 Å². The van der Waals surface area contributed by atoms with Gasteiger partial charge in [-0.25, -0.2) is 18.6 Å². The van der Waals surface area contributed by atoms with Gasteiger partial charge in [-0.1, -0.05) is 0 Å². The molecule has 1 saturated carbocycles. The number of nitrogens with zero attached hydrogens (tertiary/aromatic N) is 1. The van der Waals surface area contributed by atoms with Gasteiger partial charge in [0.25, 0.3) is 5.92 Å². The third-order valence-electron chi connectivity index (χ3n) is 2.53. The Hall–Kier alpha value is -1.59. The van der Waals surface area contributed by atoms with Crippen LogP contribution in [0.4, 0.5) is 13.2 Å². The van der Waals surface area contributed by atoms with Gasteiger partial charge in [-0.2, -0.15) is 4.39 Å². The SMILES string of the molecule is COC(=O)c1c(C2CC2(F)F)ccnc1F. The molecular formula is C10H8F3NO2. The molecule has 2 rings (SSSR count). The van der Waals surface area contributed by atoms with E-state index in [2.05, 4.69) is 9.72 Å². The van der Waals surface area contributed by atoms with Crippen molar-refractivity contribution in [1.29, 1.82) is 0 Å². The van der Waals surface area contributed by atoms with Crippen molar-refractivity contribution in [3.05, 3.63) is 29.3 Å². The van der Waals surface area contributed by atoms with Crippen LogP contribution in [0, 0.1) is 5.95 Å². The van der Waals surface area contributed by atoms with Crippen molar-refractivity contribution in [3.63, 3.8) is 0 Å². The highest BCUT2D eigenvalue weighted by Gasteiger charge is 2.58. The molecule has 1 fully saturated rings. The molecule has 86 valence electrons. The van der Waals surface area contributed by atoms with Crippen LogP contribution in [0.25, 0.3) is 0 Å². The first-order valence-corrected chi connectivity index (χ1v) is 4.58. The number of carbonyl (C=O) groups excluding carboxylic acids is 1. The standard InChI is InChI=1S/C10H8F3NO2/c1-16-9(15)7-5(2-3-14-8(7)11)6-4-10(6,12)13/h2-3,6H,4H2,1H3. The third kappa shape index (κ3) is 1.64. The van der Waals surface area contributed by atoms with Gasteiger partial charge in [-0.05, 0) is 11.6 Å². The first-order valence-electron chi connectivity index (χ1n) is 4.58. The van der Waals surface area contributed by atoms with Crippen LogP contribution >= 0.6 is 0 Å². The third-order valence-corrected chi connectivity index (χ3v) is 2.53. The zero-order valence-electron chi connectivity index (χ0n) is 8.34. The molecule has 0 aliphatic heterocycles. The highest BCUT2D eigenvalue weighted by atomic mass is 19.3. The second-order valence-corrected chi connectivity index (χ2v) is 3.58. The Morgan fingerprint density at radius 3 is 2.75 bits per heavy atom. The van der Waals surface area contributed by atoms with Gasteiger partial charge in [0.15, 0.2) is 0 Å². The molecule has 0 radical (unpaired) electrons. The summed E-state index contributed by atoms with van der Waals surface area (Å²) in [5.74, 6) is -6.04. The number of ether oxygens (including phenoxy) is 1. The van der Waals surface area contributed by atoms with Crippen LogP contribution < -0.4 is 0 Å². The normalized spacial score (nSPS) is 21.6. The molecule has 0 N–H and O–H groups in total. The average molecular weight is 231 g/mol. The molecule has 1 unspecified atom stereocenters. The molecule has 1 aliphatic carbocycles. The van der Waals surface area contributed by atoms with Crippen molar-refractivity contribution < 1.29 is 22.7 Å². The molecule has 1 atom stereocenters. The summed E-state index contributed by atoms with van der Waals surface area (Å²) >= 11 is 0. The van der Waals surface area contributed by atoms with Crippen LogP contribution in [-0.4, -0.2) is 24.0 Å². The Labute approximate surface area is 89.2 Å². The lowest BCUT2D eigenvalue weighted by Crippen LogP contribution is -2.11. The van der Waals surface area contributed by atoms with Crippen molar-refractivity contribution in [2.45, 2.75) is 18.3 Å². The van der Waals surface area contributed by atoms with Crippen LogP contribution in [-0.2, 0) is 4.74 Å². The highest BCUT2D eigenvalue weighted by Crippen LogP contribution is 2.56. The fourth-order valence-electron chi connectivity index (χ4n) is 1.60. The van der Waals surface area contributed by atoms with E-state index in [0.717, 1.165) is 13.3 Å². The molecule has 0 amide bonds. The molecule has 0 aromatic carbocycles. The largest absolute Gasteiger partial charge is 0.465 e. The second-order valence-electron chi connectivity index (χ2n) is 3.58. The number of hydrogen-bond donors (Lipinski definition) is 0. The van der Waals surface area contributed by atoms with E-state index in [1.54, 1.807) is 0 Å². The van der Waals surface area contributed by atoms with Crippen LogP contribution in [0.1, 0.15) is 28.3 Å². The van der Waals surface area contributed by atoms with Crippen LogP contribution in [0.5, 0.6) is 0 Å². The Morgan fingerprint density at radius 1 is 1.62 bits per heavy atom. The highest BCUT2D eigenvalue weighted by molar-refractivity contribution is 5.91. The molecule has 3 nitrogen and oxygen atoms in total. The summed E-state index contributed by atoms with van der Waals surface area (Å²) in [4.78, 5) is 14.5. The zero-order valence-corrected chi connectivity index (χ0v) is 8.34. The fourth-order valence-corrected chi connectivity index (χ4v) is 1.60. The van der Waals surface area contributed by atoms with E-state index in [9.17, 15) is 18.0 Å². The Balaban J connectivity index is 2.46. The molecule has 0 spiro atoms. The Kier molecular flexibility index (Phi) is 2.36. The summed E-state index contributed by atoms with van der Waals surface area (Å²) in [5.41, 5.74) is -0.531. The minimum atomic E-state index is -2.86. The van der Waals surface area contributed by atoms with Gasteiger partial charge in [0.2, 0.25) is 5.95 Å². The summed E-state index contributed by atoms with van der Waals surface area (Å²) in [6.45, 7) is 0. The van der Waals surface area contributed by atoms with E-state index < -0.39 is 29.3 Å². The predicted molar refractivity (Wildman–Crippen MR) is 47.8 cm³/mol. The molecular weight excluding hydrogens is 223 g/mol. The van der Waals surface area contributed by atoms with Gasteiger partial charge in [-0.3, -0.25) is 0 Å². The van der Waals surface area contributed by atoms with Crippen molar-refractivity contribution in [3.8, 4) is 0 Å². The van der Waals surface area contributed by atoms with E-state index in [4.69, 9.17) is 0 Å². The quantitative estimate of drug-likeness (QED) is 0.578. The van der Waals surface area contributed by atoms with Crippen molar-refractivity contribution in [2.24, 2.45) is 0 Å². The van der Waals surface area contributed by atoms with Gasteiger partial charge in [0.1, 0.15) is 5.56 Å². The molecule has 6 heteroatoms. The molecule has 0 saturated heterocycles. The van der Waals surface area contributed by atoms with E-state index in [0.29, 0.717) is 0 Å². The first-order chi connectivity index (χ1) is 7.47. The van der Waals surface area contributed by atoms with E-state index in [1.165, 1.54) is 6.07 Å². The number of hydrogen-bond acceptors (Lipinski definition) is 3. The number of pyridine rings is 1. The lowest BCUT2D eigenvalue weighted by molar-refractivity contribution is 0.0591. The van der Waals surface area contributed by atoms with Crippen LogP contribution in [0.3, 0.4) is 0 Å². The topological polar surface area (TPSA) is 39.2 Å². The summed E-state index contributed by atoms with van der Waals surface area (Å²) < 4.78 is 43.3. The summed E-state index contributed by atoms with van der Waals surface area (Å²) in [7, 11) is 1.06.